The van der Waals surface area contributed by atoms with Crippen LogP contribution in [0.2, 0.25) is 0 Å². The number of ketones is 1. The Labute approximate surface area is 136 Å². The zero-order valence-electron chi connectivity index (χ0n) is 13.4. The number of carbonyl (C=O) groups is 2. The van der Waals surface area contributed by atoms with Crippen molar-refractivity contribution in [1.82, 2.24) is 0 Å². The number of nitrogens with zero attached hydrogens (tertiary/aromatic N) is 1. The summed E-state index contributed by atoms with van der Waals surface area (Å²) in [5.74, 6) is -0.440. The molecule has 2 aromatic carbocycles. The molecule has 0 fully saturated rings. The van der Waals surface area contributed by atoms with E-state index in [1.54, 1.807) is 30.3 Å². The SMILES string of the molecule is COC(=O)c1ccc(/C=C\C(=O)c2ccc(N(C)C)cc2)cc1. The Kier molecular flexibility index (Phi) is 5.31. The third-order valence-corrected chi connectivity index (χ3v) is 3.43. The molecule has 0 N–H and O–H groups in total. The molecule has 4 nitrogen and oxygen atoms in total. The van der Waals surface area contributed by atoms with Gasteiger partial charge in [0.15, 0.2) is 5.78 Å². The minimum absolute atomic E-state index is 0.0626. The van der Waals surface area contributed by atoms with Crippen molar-refractivity contribution in [3.05, 3.63) is 71.3 Å². The summed E-state index contributed by atoms with van der Waals surface area (Å²) in [5.41, 5.74) is 3.01. The summed E-state index contributed by atoms with van der Waals surface area (Å²) < 4.78 is 4.64. The predicted molar refractivity (Wildman–Crippen MR) is 91.9 cm³/mol. The zero-order chi connectivity index (χ0) is 16.8. The molecule has 0 saturated heterocycles. The maximum Gasteiger partial charge on any atom is 0.337 e. The first kappa shape index (κ1) is 16.5. The van der Waals surface area contributed by atoms with Gasteiger partial charge < -0.3 is 9.64 Å². The molecule has 0 aliphatic carbocycles. The van der Waals surface area contributed by atoms with E-state index in [1.165, 1.54) is 13.2 Å². The summed E-state index contributed by atoms with van der Waals surface area (Å²) in [6.07, 6.45) is 3.25. The first-order valence-corrected chi connectivity index (χ1v) is 7.19. The van der Waals surface area contributed by atoms with E-state index in [4.69, 9.17) is 0 Å². The summed E-state index contributed by atoms with van der Waals surface area (Å²) in [7, 11) is 5.25. The lowest BCUT2D eigenvalue weighted by molar-refractivity contribution is 0.0600. The third kappa shape index (κ3) is 4.30. The molecule has 0 amide bonds. The average Bonchev–Trinajstić information content (AvgIpc) is 2.59. The molecule has 0 saturated carbocycles. The number of anilines is 1. The summed E-state index contributed by atoms with van der Waals surface area (Å²) in [4.78, 5) is 25.5. The van der Waals surface area contributed by atoms with Gasteiger partial charge in [-0.25, -0.2) is 4.79 Å². The summed E-state index contributed by atoms with van der Waals surface area (Å²) in [5, 5.41) is 0. The van der Waals surface area contributed by atoms with Gasteiger partial charge >= 0.3 is 5.97 Å². The van der Waals surface area contributed by atoms with Gasteiger partial charge in [0.25, 0.3) is 0 Å². The lowest BCUT2D eigenvalue weighted by atomic mass is 10.1. The van der Waals surface area contributed by atoms with E-state index >= 15 is 0 Å². The van der Waals surface area contributed by atoms with Crippen LogP contribution >= 0.6 is 0 Å². The Morgan fingerprint density at radius 3 is 2.00 bits per heavy atom. The van der Waals surface area contributed by atoms with E-state index in [9.17, 15) is 9.59 Å². The molecule has 23 heavy (non-hydrogen) atoms. The highest BCUT2D eigenvalue weighted by molar-refractivity contribution is 6.07. The van der Waals surface area contributed by atoms with E-state index in [0.29, 0.717) is 11.1 Å². The van der Waals surface area contributed by atoms with Crippen molar-refractivity contribution in [2.45, 2.75) is 0 Å². The van der Waals surface area contributed by atoms with Crippen molar-refractivity contribution in [1.29, 1.82) is 0 Å². The normalized spacial score (nSPS) is 10.6. The molecule has 0 aromatic heterocycles. The van der Waals surface area contributed by atoms with Gasteiger partial charge in [-0.2, -0.15) is 0 Å². The minimum Gasteiger partial charge on any atom is -0.465 e. The largest absolute Gasteiger partial charge is 0.465 e. The van der Waals surface area contributed by atoms with Crippen LogP contribution < -0.4 is 4.90 Å². The van der Waals surface area contributed by atoms with Gasteiger partial charge in [0, 0.05) is 25.3 Å². The molecule has 2 aromatic rings. The number of allylic oxidation sites excluding steroid dienone is 1. The molecular weight excluding hydrogens is 290 g/mol. The molecule has 0 heterocycles. The number of methoxy groups -OCH3 is 1. The Morgan fingerprint density at radius 1 is 0.913 bits per heavy atom. The second-order valence-corrected chi connectivity index (χ2v) is 5.25. The smallest absolute Gasteiger partial charge is 0.337 e. The molecule has 0 unspecified atom stereocenters. The molecular formula is C19H19NO3. The van der Waals surface area contributed by atoms with Gasteiger partial charge in [-0.15, -0.1) is 0 Å². The quantitative estimate of drug-likeness (QED) is 0.482. The summed E-state index contributed by atoms with van der Waals surface area (Å²) in [6.45, 7) is 0. The van der Waals surface area contributed by atoms with E-state index < -0.39 is 0 Å². The second-order valence-electron chi connectivity index (χ2n) is 5.25. The van der Waals surface area contributed by atoms with Gasteiger partial charge in [-0.3, -0.25) is 4.79 Å². The Morgan fingerprint density at radius 2 is 1.48 bits per heavy atom. The van der Waals surface area contributed by atoms with E-state index in [1.807, 2.05) is 43.3 Å². The molecule has 0 bridgehead atoms. The highest BCUT2D eigenvalue weighted by Crippen LogP contribution is 2.14. The lowest BCUT2D eigenvalue weighted by Gasteiger charge is -2.11. The fourth-order valence-electron chi connectivity index (χ4n) is 2.04. The molecule has 0 atom stereocenters. The van der Waals surface area contributed by atoms with Gasteiger partial charge in [0.2, 0.25) is 0 Å². The fraction of sp³-hybridized carbons (Fsp3) is 0.158. The standard InChI is InChI=1S/C19H19NO3/c1-20(2)17-11-9-15(10-12-17)18(21)13-6-14-4-7-16(8-5-14)19(22)23-3/h4-13H,1-3H3/b13-6-. The predicted octanol–water partition coefficient (Wildman–Crippen LogP) is 3.44. The van der Waals surface area contributed by atoms with Crippen LogP contribution in [0, 0.1) is 0 Å². The average molecular weight is 309 g/mol. The van der Waals surface area contributed by atoms with Crippen LogP contribution in [-0.4, -0.2) is 33.0 Å². The van der Waals surface area contributed by atoms with Gasteiger partial charge in [-0.05, 0) is 48.0 Å². The van der Waals surface area contributed by atoms with Crippen LogP contribution in [-0.2, 0) is 4.74 Å². The summed E-state index contributed by atoms with van der Waals surface area (Å²) >= 11 is 0. The van der Waals surface area contributed by atoms with Crippen molar-refractivity contribution in [3.63, 3.8) is 0 Å². The number of ether oxygens (including phenoxy) is 1. The van der Waals surface area contributed by atoms with Crippen LogP contribution in [0.25, 0.3) is 6.08 Å². The third-order valence-electron chi connectivity index (χ3n) is 3.43. The molecule has 2 rings (SSSR count). The maximum absolute atomic E-state index is 12.1. The first-order chi connectivity index (χ1) is 11.0. The van der Waals surface area contributed by atoms with E-state index in [2.05, 4.69) is 4.74 Å². The van der Waals surface area contributed by atoms with Crippen molar-refractivity contribution in [3.8, 4) is 0 Å². The lowest BCUT2D eigenvalue weighted by Crippen LogP contribution is -2.08. The maximum atomic E-state index is 12.1. The van der Waals surface area contributed by atoms with Gasteiger partial charge in [0.1, 0.15) is 0 Å². The number of hydrogen-bond donors (Lipinski definition) is 0. The molecule has 118 valence electrons. The van der Waals surface area contributed by atoms with Gasteiger partial charge in [-0.1, -0.05) is 18.2 Å². The van der Waals surface area contributed by atoms with E-state index in [0.717, 1.165) is 11.3 Å². The number of carbonyl (C=O) groups excluding carboxylic acids is 2. The summed E-state index contributed by atoms with van der Waals surface area (Å²) in [6, 6.07) is 14.3. The second kappa shape index (κ2) is 7.40. The van der Waals surface area contributed by atoms with Crippen LogP contribution in [0.3, 0.4) is 0 Å². The van der Waals surface area contributed by atoms with Crippen LogP contribution in [0.4, 0.5) is 5.69 Å². The Hall–Kier alpha value is -2.88. The van der Waals surface area contributed by atoms with E-state index in [-0.39, 0.29) is 11.8 Å². The molecule has 0 aliphatic heterocycles. The van der Waals surface area contributed by atoms with Crippen LogP contribution in [0.5, 0.6) is 0 Å². The number of benzene rings is 2. The van der Waals surface area contributed by atoms with Crippen molar-refractivity contribution >= 4 is 23.5 Å². The zero-order valence-corrected chi connectivity index (χ0v) is 13.4. The Balaban J connectivity index is 2.07. The highest BCUT2D eigenvalue weighted by atomic mass is 16.5. The number of rotatable bonds is 5. The van der Waals surface area contributed by atoms with Crippen LogP contribution in [0.15, 0.2) is 54.6 Å². The minimum atomic E-state index is -0.377. The van der Waals surface area contributed by atoms with Crippen molar-refractivity contribution in [2.75, 3.05) is 26.1 Å². The van der Waals surface area contributed by atoms with Crippen molar-refractivity contribution in [2.24, 2.45) is 0 Å². The fourth-order valence-corrected chi connectivity index (χ4v) is 2.04. The van der Waals surface area contributed by atoms with Crippen LogP contribution in [0.1, 0.15) is 26.3 Å². The number of esters is 1. The Bertz CT molecular complexity index is 713. The molecule has 0 spiro atoms. The number of hydrogen-bond acceptors (Lipinski definition) is 4. The van der Waals surface area contributed by atoms with Crippen molar-refractivity contribution < 1.29 is 14.3 Å². The van der Waals surface area contributed by atoms with Gasteiger partial charge in [0.05, 0.1) is 12.7 Å². The molecule has 0 aliphatic rings. The highest BCUT2D eigenvalue weighted by Gasteiger charge is 2.04. The topological polar surface area (TPSA) is 46.6 Å². The monoisotopic (exact) mass is 309 g/mol. The molecule has 0 radical (unpaired) electrons. The molecule has 4 heteroatoms. The first-order valence-electron chi connectivity index (χ1n) is 7.19.